The number of nitro groups is 1. The Morgan fingerprint density at radius 1 is 1.52 bits per heavy atom. The number of carboxylic acid groups (broad SMARTS) is 1. The Morgan fingerprint density at radius 2 is 2.24 bits per heavy atom. The predicted molar refractivity (Wildman–Crippen MR) is 72.3 cm³/mol. The van der Waals surface area contributed by atoms with Gasteiger partial charge in [0.15, 0.2) is 5.69 Å². The molecule has 9 heteroatoms. The SMILES string of the molecule is CC(=O)NC1CCN(c2nc(C(=O)O)ccc2[N+](=O)[O-])C1. The quantitative estimate of drug-likeness (QED) is 0.608. The van der Waals surface area contributed by atoms with Crippen LogP contribution in [0, 0.1) is 10.1 Å². The second-order valence-electron chi connectivity index (χ2n) is 4.73. The van der Waals surface area contributed by atoms with Crippen molar-refractivity contribution in [1.82, 2.24) is 10.3 Å². The first-order valence-electron chi connectivity index (χ1n) is 6.29. The van der Waals surface area contributed by atoms with Crippen LogP contribution in [-0.4, -0.2) is 46.0 Å². The lowest BCUT2D eigenvalue weighted by molar-refractivity contribution is -0.384. The summed E-state index contributed by atoms with van der Waals surface area (Å²) in [7, 11) is 0. The van der Waals surface area contributed by atoms with E-state index in [0.717, 1.165) is 12.1 Å². The molecule has 1 atom stereocenters. The molecule has 1 amide bonds. The minimum absolute atomic E-state index is 0.0211. The van der Waals surface area contributed by atoms with Crippen LogP contribution in [0.4, 0.5) is 11.5 Å². The summed E-state index contributed by atoms with van der Waals surface area (Å²) in [5.74, 6) is -1.40. The van der Waals surface area contributed by atoms with Crippen LogP contribution < -0.4 is 10.2 Å². The van der Waals surface area contributed by atoms with Crippen molar-refractivity contribution in [2.45, 2.75) is 19.4 Å². The number of carbonyl (C=O) groups is 2. The van der Waals surface area contributed by atoms with Crippen LogP contribution in [0.3, 0.4) is 0 Å². The number of pyridine rings is 1. The van der Waals surface area contributed by atoms with Crippen molar-refractivity contribution in [2.24, 2.45) is 0 Å². The molecular formula is C12H14N4O5. The van der Waals surface area contributed by atoms with E-state index in [1.807, 2.05) is 0 Å². The molecule has 112 valence electrons. The van der Waals surface area contributed by atoms with Gasteiger partial charge in [-0.3, -0.25) is 14.9 Å². The third-order valence-corrected chi connectivity index (χ3v) is 3.17. The molecule has 0 radical (unpaired) electrons. The first-order valence-corrected chi connectivity index (χ1v) is 6.29. The van der Waals surface area contributed by atoms with Gasteiger partial charge in [-0.05, 0) is 12.5 Å². The third-order valence-electron chi connectivity index (χ3n) is 3.17. The fraction of sp³-hybridized carbons (Fsp3) is 0.417. The van der Waals surface area contributed by atoms with Gasteiger partial charge in [-0.2, -0.15) is 0 Å². The fourth-order valence-corrected chi connectivity index (χ4v) is 2.29. The fourth-order valence-electron chi connectivity index (χ4n) is 2.29. The summed E-state index contributed by atoms with van der Waals surface area (Å²) in [5, 5.41) is 22.7. The molecule has 0 aliphatic carbocycles. The van der Waals surface area contributed by atoms with Crippen LogP contribution >= 0.6 is 0 Å². The lowest BCUT2D eigenvalue weighted by atomic mass is 10.2. The Kier molecular flexibility index (Phi) is 4.01. The standard InChI is InChI=1S/C12H14N4O5/c1-7(17)13-8-4-5-15(6-8)11-10(16(20)21)3-2-9(14-11)12(18)19/h2-3,8H,4-6H2,1H3,(H,13,17)(H,18,19). The van der Waals surface area contributed by atoms with Gasteiger partial charge < -0.3 is 15.3 Å². The minimum atomic E-state index is -1.25. The smallest absolute Gasteiger partial charge is 0.354 e. The molecule has 9 nitrogen and oxygen atoms in total. The van der Waals surface area contributed by atoms with E-state index in [9.17, 15) is 19.7 Å². The summed E-state index contributed by atoms with van der Waals surface area (Å²) in [5.41, 5.74) is -0.498. The van der Waals surface area contributed by atoms with Gasteiger partial charge in [-0.1, -0.05) is 0 Å². The Morgan fingerprint density at radius 3 is 2.81 bits per heavy atom. The van der Waals surface area contributed by atoms with Crippen LogP contribution in [0.25, 0.3) is 0 Å². The average molecular weight is 294 g/mol. The van der Waals surface area contributed by atoms with Crippen molar-refractivity contribution in [3.63, 3.8) is 0 Å². The second-order valence-corrected chi connectivity index (χ2v) is 4.73. The number of amides is 1. The molecule has 1 aromatic heterocycles. The molecule has 2 rings (SSSR count). The van der Waals surface area contributed by atoms with Crippen LogP contribution in [-0.2, 0) is 4.79 Å². The number of aromatic nitrogens is 1. The zero-order chi connectivity index (χ0) is 15.6. The van der Waals surface area contributed by atoms with Crippen LogP contribution in [0.2, 0.25) is 0 Å². The number of hydrogen-bond acceptors (Lipinski definition) is 6. The number of hydrogen-bond donors (Lipinski definition) is 2. The third kappa shape index (κ3) is 3.25. The van der Waals surface area contributed by atoms with Gasteiger partial charge >= 0.3 is 11.7 Å². The molecule has 1 aliphatic rings. The van der Waals surface area contributed by atoms with Gasteiger partial charge in [0.1, 0.15) is 0 Å². The molecule has 1 unspecified atom stereocenters. The van der Waals surface area contributed by atoms with Gasteiger partial charge in [0.2, 0.25) is 11.7 Å². The van der Waals surface area contributed by atoms with Gasteiger partial charge in [0.25, 0.3) is 0 Å². The van der Waals surface area contributed by atoms with Crippen LogP contribution in [0.15, 0.2) is 12.1 Å². The van der Waals surface area contributed by atoms with E-state index in [-0.39, 0.29) is 29.1 Å². The maximum atomic E-state index is 11.0. The monoisotopic (exact) mass is 294 g/mol. The normalized spacial score (nSPS) is 17.6. The Balaban J connectivity index is 2.29. The number of rotatable bonds is 4. The maximum absolute atomic E-state index is 11.0. The molecule has 1 fully saturated rings. The van der Waals surface area contributed by atoms with Gasteiger partial charge in [-0.25, -0.2) is 9.78 Å². The van der Waals surface area contributed by atoms with Crippen molar-refractivity contribution >= 4 is 23.4 Å². The molecule has 0 aromatic carbocycles. The lowest BCUT2D eigenvalue weighted by Crippen LogP contribution is -2.35. The molecule has 0 spiro atoms. The lowest BCUT2D eigenvalue weighted by Gasteiger charge is -2.17. The highest BCUT2D eigenvalue weighted by Crippen LogP contribution is 2.29. The zero-order valence-electron chi connectivity index (χ0n) is 11.3. The molecule has 1 saturated heterocycles. The summed E-state index contributed by atoms with van der Waals surface area (Å²) < 4.78 is 0. The zero-order valence-corrected chi connectivity index (χ0v) is 11.3. The summed E-state index contributed by atoms with van der Waals surface area (Å²) in [4.78, 5) is 37.9. The Labute approximate surface area is 119 Å². The molecular weight excluding hydrogens is 280 g/mol. The number of carbonyl (C=O) groups excluding carboxylic acids is 1. The first-order chi connectivity index (χ1) is 9.88. The number of anilines is 1. The van der Waals surface area contributed by atoms with Gasteiger partial charge in [-0.15, -0.1) is 0 Å². The first kappa shape index (κ1) is 14.7. The molecule has 2 heterocycles. The van der Waals surface area contributed by atoms with E-state index in [4.69, 9.17) is 5.11 Å². The van der Waals surface area contributed by atoms with E-state index in [2.05, 4.69) is 10.3 Å². The maximum Gasteiger partial charge on any atom is 0.354 e. The van der Waals surface area contributed by atoms with E-state index in [1.54, 1.807) is 4.90 Å². The van der Waals surface area contributed by atoms with Crippen LogP contribution in [0.1, 0.15) is 23.8 Å². The Bertz CT molecular complexity index is 603. The highest BCUT2D eigenvalue weighted by molar-refractivity contribution is 5.86. The van der Waals surface area contributed by atoms with E-state index < -0.39 is 10.9 Å². The van der Waals surface area contributed by atoms with Crippen molar-refractivity contribution in [1.29, 1.82) is 0 Å². The minimum Gasteiger partial charge on any atom is -0.477 e. The highest BCUT2D eigenvalue weighted by Gasteiger charge is 2.30. The van der Waals surface area contributed by atoms with Crippen molar-refractivity contribution in [3.05, 3.63) is 27.9 Å². The van der Waals surface area contributed by atoms with Gasteiger partial charge in [0, 0.05) is 32.1 Å². The highest BCUT2D eigenvalue weighted by atomic mass is 16.6. The van der Waals surface area contributed by atoms with Crippen molar-refractivity contribution in [3.8, 4) is 0 Å². The molecule has 2 N–H and O–H groups in total. The Hall–Kier alpha value is -2.71. The topological polar surface area (TPSA) is 126 Å². The number of nitrogens with one attached hydrogen (secondary N) is 1. The molecule has 1 aliphatic heterocycles. The van der Waals surface area contributed by atoms with Crippen molar-refractivity contribution < 1.29 is 19.6 Å². The van der Waals surface area contributed by atoms with Crippen molar-refractivity contribution in [2.75, 3.05) is 18.0 Å². The van der Waals surface area contributed by atoms with E-state index >= 15 is 0 Å². The number of aromatic carboxylic acids is 1. The second kappa shape index (κ2) is 5.73. The molecule has 21 heavy (non-hydrogen) atoms. The molecule has 1 aromatic rings. The average Bonchev–Trinajstić information content (AvgIpc) is 2.85. The largest absolute Gasteiger partial charge is 0.477 e. The summed E-state index contributed by atoms with van der Waals surface area (Å²) >= 11 is 0. The van der Waals surface area contributed by atoms with Crippen LogP contribution in [0.5, 0.6) is 0 Å². The number of nitrogens with zero attached hydrogens (tertiary/aromatic N) is 3. The summed E-state index contributed by atoms with van der Waals surface area (Å²) in [6, 6.07) is 2.11. The summed E-state index contributed by atoms with van der Waals surface area (Å²) in [6.45, 7) is 2.22. The predicted octanol–water partition coefficient (Wildman–Crippen LogP) is 0.403. The number of carboxylic acids is 1. The summed E-state index contributed by atoms with van der Waals surface area (Å²) in [6.07, 6.45) is 0.621. The van der Waals surface area contributed by atoms with Gasteiger partial charge in [0.05, 0.1) is 4.92 Å². The van der Waals surface area contributed by atoms with E-state index in [1.165, 1.54) is 6.92 Å². The molecule has 0 saturated carbocycles. The van der Waals surface area contributed by atoms with E-state index in [0.29, 0.717) is 19.5 Å². The molecule has 0 bridgehead atoms.